The predicted octanol–water partition coefficient (Wildman–Crippen LogP) is 2.77. The van der Waals surface area contributed by atoms with Crippen molar-refractivity contribution < 1.29 is 14.6 Å². The molecule has 3 N–H and O–H groups in total. The number of aliphatic hydroxyl groups is 1. The minimum absolute atomic E-state index is 0.144. The molecule has 1 heterocycles. The maximum absolute atomic E-state index is 11.6. The van der Waals surface area contributed by atoms with Crippen LogP contribution in [0.4, 0.5) is 4.79 Å². The van der Waals surface area contributed by atoms with Crippen LogP contribution in [-0.4, -0.2) is 34.9 Å². The Morgan fingerprint density at radius 1 is 1.32 bits per heavy atom. The van der Waals surface area contributed by atoms with Crippen molar-refractivity contribution in [1.29, 1.82) is 0 Å². The standard InChI is InChI=1S/C17H24N2O3/c1-17(2,3)22-16(21)18-8-6-13-11-19-15-5-4-12(7-9-20)10-14(13)15/h4-5,10-11,19-20H,6-9H2,1-3H3,(H,18,21). The Bertz CT molecular complexity index is 641. The van der Waals surface area contributed by atoms with Crippen LogP contribution in [0.3, 0.4) is 0 Å². The Hall–Kier alpha value is -2.01. The average molecular weight is 304 g/mol. The Labute approximate surface area is 130 Å². The van der Waals surface area contributed by atoms with Crippen molar-refractivity contribution in [1.82, 2.24) is 10.3 Å². The van der Waals surface area contributed by atoms with Crippen LogP contribution >= 0.6 is 0 Å². The van der Waals surface area contributed by atoms with E-state index in [2.05, 4.69) is 16.4 Å². The van der Waals surface area contributed by atoms with E-state index in [0.717, 1.165) is 28.5 Å². The normalized spacial score (nSPS) is 11.6. The maximum Gasteiger partial charge on any atom is 0.407 e. The van der Waals surface area contributed by atoms with Gasteiger partial charge in [-0.3, -0.25) is 0 Å². The number of aromatic nitrogens is 1. The molecule has 22 heavy (non-hydrogen) atoms. The van der Waals surface area contributed by atoms with Gasteiger partial charge in [-0.05, 0) is 56.9 Å². The summed E-state index contributed by atoms with van der Waals surface area (Å²) in [6, 6.07) is 6.12. The number of aliphatic hydroxyl groups excluding tert-OH is 1. The lowest BCUT2D eigenvalue weighted by Gasteiger charge is -2.19. The van der Waals surface area contributed by atoms with Crippen LogP contribution in [0.15, 0.2) is 24.4 Å². The van der Waals surface area contributed by atoms with E-state index in [9.17, 15) is 4.79 Å². The largest absolute Gasteiger partial charge is 0.444 e. The van der Waals surface area contributed by atoms with Gasteiger partial charge in [0.2, 0.25) is 0 Å². The first-order valence-corrected chi connectivity index (χ1v) is 7.55. The summed E-state index contributed by atoms with van der Waals surface area (Å²) in [5.41, 5.74) is 2.83. The fraction of sp³-hybridized carbons (Fsp3) is 0.471. The number of amides is 1. The van der Waals surface area contributed by atoms with Gasteiger partial charge in [-0.1, -0.05) is 6.07 Å². The number of nitrogens with one attached hydrogen (secondary N) is 2. The van der Waals surface area contributed by atoms with E-state index in [1.54, 1.807) is 0 Å². The number of hydrogen-bond donors (Lipinski definition) is 3. The second-order valence-corrected chi connectivity index (χ2v) is 6.35. The van der Waals surface area contributed by atoms with Crippen molar-refractivity contribution in [2.24, 2.45) is 0 Å². The summed E-state index contributed by atoms with van der Waals surface area (Å²) in [6.07, 6.45) is 2.94. The van der Waals surface area contributed by atoms with E-state index < -0.39 is 11.7 Å². The van der Waals surface area contributed by atoms with Crippen LogP contribution in [0.25, 0.3) is 10.9 Å². The summed E-state index contributed by atoms with van der Waals surface area (Å²) in [6.45, 7) is 6.19. The number of fused-ring (bicyclic) bond motifs is 1. The lowest BCUT2D eigenvalue weighted by molar-refractivity contribution is 0.0528. The van der Waals surface area contributed by atoms with Gasteiger partial charge in [0.05, 0.1) is 0 Å². The predicted molar refractivity (Wildman–Crippen MR) is 87.0 cm³/mol. The van der Waals surface area contributed by atoms with Gasteiger partial charge in [-0.15, -0.1) is 0 Å². The molecule has 0 aliphatic carbocycles. The second kappa shape index (κ2) is 6.83. The van der Waals surface area contributed by atoms with E-state index in [-0.39, 0.29) is 6.61 Å². The number of aromatic amines is 1. The Kier molecular flexibility index (Phi) is 5.08. The molecule has 0 aliphatic heterocycles. The molecule has 0 fully saturated rings. The third kappa shape index (κ3) is 4.49. The van der Waals surface area contributed by atoms with Crippen LogP contribution in [-0.2, 0) is 17.6 Å². The third-order valence-corrected chi connectivity index (χ3v) is 3.29. The molecule has 0 radical (unpaired) electrons. The summed E-state index contributed by atoms with van der Waals surface area (Å²) in [4.78, 5) is 14.8. The van der Waals surface area contributed by atoms with E-state index in [0.29, 0.717) is 13.0 Å². The molecule has 1 amide bonds. The molecular formula is C17H24N2O3. The fourth-order valence-electron chi connectivity index (χ4n) is 2.33. The minimum Gasteiger partial charge on any atom is -0.444 e. The summed E-state index contributed by atoms with van der Waals surface area (Å²) in [5.74, 6) is 0. The minimum atomic E-state index is -0.482. The van der Waals surface area contributed by atoms with E-state index >= 15 is 0 Å². The first kappa shape index (κ1) is 16.4. The summed E-state index contributed by atoms with van der Waals surface area (Å²) < 4.78 is 5.21. The van der Waals surface area contributed by atoms with Gasteiger partial charge >= 0.3 is 6.09 Å². The van der Waals surface area contributed by atoms with E-state index in [1.165, 1.54) is 0 Å². The van der Waals surface area contributed by atoms with Gasteiger partial charge in [0.15, 0.2) is 0 Å². The molecule has 120 valence electrons. The third-order valence-electron chi connectivity index (χ3n) is 3.29. The van der Waals surface area contributed by atoms with Crippen LogP contribution < -0.4 is 5.32 Å². The smallest absolute Gasteiger partial charge is 0.407 e. The Balaban J connectivity index is 1.97. The lowest BCUT2D eigenvalue weighted by atomic mass is 10.1. The summed E-state index contributed by atoms with van der Waals surface area (Å²) >= 11 is 0. The quantitative estimate of drug-likeness (QED) is 0.795. The molecule has 2 rings (SSSR count). The highest BCUT2D eigenvalue weighted by Crippen LogP contribution is 2.20. The molecule has 2 aromatic rings. The molecule has 0 aliphatic rings. The molecule has 0 bridgehead atoms. The number of carbonyl (C=O) groups excluding carboxylic acids is 1. The highest BCUT2D eigenvalue weighted by Gasteiger charge is 2.15. The number of ether oxygens (including phenoxy) is 1. The topological polar surface area (TPSA) is 74.3 Å². The zero-order chi connectivity index (χ0) is 16.2. The number of alkyl carbamates (subject to hydrolysis) is 1. The monoisotopic (exact) mass is 304 g/mol. The van der Waals surface area contributed by atoms with Crippen molar-refractivity contribution in [3.05, 3.63) is 35.5 Å². The molecular weight excluding hydrogens is 280 g/mol. The Morgan fingerprint density at radius 2 is 2.09 bits per heavy atom. The molecule has 0 saturated heterocycles. The molecule has 1 aromatic carbocycles. The van der Waals surface area contributed by atoms with Crippen LogP contribution in [0.1, 0.15) is 31.9 Å². The highest BCUT2D eigenvalue weighted by molar-refractivity contribution is 5.84. The first-order valence-electron chi connectivity index (χ1n) is 7.55. The number of benzene rings is 1. The SMILES string of the molecule is CC(C)(C)OC(=O)NCCc1c[nH]c2ccc(CCO)cc12. The van der Waals surface area contributed by atoms with Crippen molar-refractivity contribution >= 4 is 17.0 Å². The molecule has 5 nitrogen and oxygen atoms in total. The molecule has 1 aromatic heterocycles. The number of carbonyl (C=O) groups is 1. The fourth-order valence-corrected chi connectivity index (χ4v) is 2.33. The van der Waals surface area contributed by atoms with Crippen molar-refractivity contribution in [2.45, 2.75) is 39.2 Å². The maximum atomic E-state index is 11.6. The van der Waals surface area contributed by atoms with Gasteiger partial charge in [0, 0.05) is 30.3 Å². The van der Waals surface area contributed by atoms with Crippen LogP contribution in [0.2, 0.25) is 0 Å². The van der Waals surface area contributed by atoms with Crippen LogP contribution in [0, 0.1) is 0 Å². The van der Waals surface area contributed by atoms with Gasteiger partial charge < -0.3 is 20.1 Å². The molecule has 5 heteroatoms. The van der Waals surface area contributed by atoms with E-state index in [1.807, 2.05) is 39.1 Å². The number of hydrogen-bond acceptors (Lipinski definition) is 3. The first-order chi connectivity index (χ1) is 10.4. The van der Waals surface area contributed by atoms with E-state index in [4.69, 9.17) is 9.84 Å². The van der Waals surface area contributed by atoms with Gasteiger partial charge in [-0.25, -0.2) is 4.79 Å². The summed E-state index contributed by atoms with van der Waals surface area (Å²) in [7, 11) is 0. The number of rotatable bonds is 5. The van der Waals surface area contributed by atoms with Gasteiger partial charge in [0.1, 0.15) is 5.60 Å². The lowest BCUT2D eigenvalue weighted by Crippen LogP contribution is -2.33. The van der Waals surface area contributed by atoms with Gasteiger partial charge in [-0.2, -0.15) is 0 Å². The molecule has 0 atom stereocenters. The van der Waals surface area contributed by atoms with Crippen molar-refractivity contribution in [3.8, 4) is 0 Å². The number of H-pyrrole nitrogens is 1. The van der Waals surface area contributed by atoms with Crippen molar-refractivity contribution in [3.63, 3.8) is 0 Å². The highest BCUT2D eigenvalue weighted by atomic mass is 16.6. The zero-order valence-electron chi connectivity index (χ0n) is 13.4. The van der Waals surface area contributed by atoms with Crippen LogP contribution in [0.5, 0.6) is 0 Å². The van der Waals surface area contributed by atoms with Gasteiger partial charge in [0.25, 0.3) is 0 Å². The molecule has 0 unspecified atom stereocenters. The molecule has 0 spiro atoms. The average Bonchev–Trinajstić information content (AvgIpc) is 2.80. The Morgan fingerprint density at radius 3 is 2.77 bits per heavy atom. The molecule has 0 saturated carbocycles. The van der Waals surface area contributed by atoms with Crippen molar-refractivity contribution in [2.75, 3.05) is 13.2 Å². The zero-order valence-corrected chi connectivity index (χ0v) is 13.4. The summed E-state index contributed by atoms with van der Waals surface area (Å²) in [5, 5.41) is 12.9. The second-order valence-electron chi connectivity index (χ2n) is 6.35.